The number of anilines is 1. The van der Waals surface area contributed by atoms with Crippen molar-refractivity contribution in [2.75, 3.05) is 11.4 Å². The van der Waals surface area contributed by atoms with E-state index in [-0.39, 0.29) is 17.7 Å². The lowest BCUT2D eigenvalue weighted by atomic mass is 9.92. The second-order valence-electron chi connectivity index (χ2n) is 7.87. The van der Waals surface area contributed by atoms with Crippen LogP contribution in [0.1, 0.15) is 35.9 Å². The van der Waals surface area contributed by atoms with Gasteiger partial charge in [0.05, 0.1) is 5.92 Å². The molecular weight excluding hydrogens is 382 g/mol. The molecular formula is C27H27N3O. The van der Waals surface area contributed by atoms with E-state index in [4.69, 9.17) is 0 Å². The molecule has 0 aliphatic heterocycles. The molecule has 0 fully saturated rings. The van der Waals surface area contributed by atoms with Gasteiger partial charge in [-0.2, -0.15) is 0 Å². The number of Topliss-reactive ketones (excluding diaryl/α,β-unsaturated/α-hetero) is 1. The molecule has 4 rings (SSSR count). The fourth-order valence-corrected chi connectivity index (χ4v) is 3.89. The molecule has 0 saturated heterocycles. The number of nitrogens with zero attached hydrogens (tertiary/aromatic N) is 3. The quantitative estimate of drug-likeness (QED) is 0.348. The topological polar surface area (TPSA) is 38.1 Å². The minimum Gasteiger partial charge on any atom is -0.368 e. The van der Waals surface area contributed by atoms with Crippen LogP contribution in [0.2, 0.25) is 0 Å². The number of benzene rings is 3. The van der Waals surface area contributed by atoms with Gasteiger partial charge in [-0.15, -0.1) is 0 Å². The Morgan fingerprint density at radius 3 is 2.06 bits per heavy atom. The molecule has 4 aromatic rings. The Morgan fingerprint density at radius 1 is 0.871 bits per heavy atom. The van der Waals surface area contributed by atoms with Crippen LogP contribution in [0.5, 0.6) is 0 Å². The number of carbonyl (C=O) groups excluding carboxylic acids is 1. The van der Waals surface area contributed by atoms with Crippen LogP contribution in [0.15, 0.2) is 103 Å². The number of ketones is 1. The first-order chi connectivity index (χ1) is 15.1. The minimum absolute atomic E-state index is 0.0154. The summed E-state index contributed by atoms with van der Waals surface area (Å²) in [5, 5.41) is 0. The molecule has 4 heteroatoms. The van der Waals surface area contributed by atoms with Gasteiger partial charge in [0.1, 0.15) is 0 Å². The van der Waals surface area contributed by atoms with Gasteiger partial charge in [-0.3, -0.25) is 9.36 Å². The molecule has 1 heterocycles. The highest BCUT2D eigenvalue weighted by Crippen LogP contribution is 2.27. The summed E-state index contributed by atoms with van der Waals surface area (Å²) in [5.41, 5.74) is 3.04. The van der Waals surface area contributed by atoms with E-state index in [0.717, 1.165) is 16.9 Å². The maximum absolute atomic E-state index is 13.9. The number of carbonyl (C=O) groups is 1. The van der Waals surface area contributed by atoms with Crippen molar-refractivity contribution in [1.29, 1.82) is 0 Å². The smallest absolute Gasteiger partial charge is 0.207 e. The maximum Gasteiger partial charge on any atom is 0.207 e. The molecule has 0 saturated carbocycles. The molecule has 0 spiro atoms. The lowest BCUT2D eigenvalue weighted by molar-refractivity contribution is 0.0949. The molecule has 31 heavy (non-hydrogen) atoms. The summed E-state index contributed by atoms with van der Waals surface area (Å²) >= 11 is 0. The Balaban J connectivity index is 1.73. The SMILES string of the molecule is CC(C)N(C[C@@H](C(=O)c1nccn1-c1ccccc1)c1ccccc1)c1ccccc1. The second kappa shape index (κ2) is 9.43. The standard InChI is InChI=1S/C27H27N3O/c1-21(2)30(24-16-10-5-11-17-24)20-25(22-12-6-3-7-13-22)26(31)27-28-18-19-29(27)23-14-8-4-9-15-23/h3-19,21,25H,20H2,1-2H3/t25-/m1/s1. The fourth-order valence-electron chi connectivity index (χ4n) is 3.89. The zero-order chi connectivity index (χ0) is 21.6. The third kappa shape index (κ3) is 4.58. The van der Waals surface area contributed by atoms with Crippen molar-refractivity contribution in [3.05, 3.63) is 115 Å². The first-order valence-corrected chi connectivity index (χ1v) is 10.6. The van der Waals surface area contributed by atoms with Crippen molar-refractivity contribution >= 4 is 11.5 Å². The highest BCUT2D eigenvalue weighted by molar-refractivity contribution is 5.99. The third-order valence-corrected chi connectivity index (χ3v) is 5.50. The van der Waals surface area contributed by atoms with Crippen LogP contribution < -0.4 is 4.90 Å². The van der Waals surface area contributed by atoms with Gasteiger partial charge in [0.15, 0.2) is 5.82 Å². The summed E-state index contributed by atoms with van der Waals surface area (Å²) in [6, 6.07) is 30.4. The van der Waals surface area contributed by atoms with Gasteiger partial charge in [-0.1, -0.05) is 66.7 Å². The molecule has 0 N–H and O–H groups in total. The Kier molecular flexibility index (Phi) is 6.27. The third-order valence-electron chi connectivity index (χ3n) is 5.50. The van der Waals surface area contributed by atoms with E-state index in [1.807, 2.05) is 89.6 Å². The van der Waals surface area contributed by atoms with E-state index in [0.29, 0.717) is 12.4 Å². The van der Waals surface area contributed by atoms with E-state index in [1.165, 1.54) is 0 Å². The van der Waals surface area contributed by atoms with Crippen LogP contribution in [0.25, 0.3) is 5.69 Å². The van der Waals surface area contributed by atoms with Gasteiger partial charge in [-0.05, 0) is 43.7 Å². The van der Waals surface area contributed by atoms with Crippen LogP contribution in [-0.2, 0) is 0 Å². The molecule has 0 aliphatic rings. The van der Waals surface area contributed by atoms with Crippen molar-refractivity contribution in [1.82, 2.24) is 9.55 Å². The summed E-state index contributed by atoms with van der Waals surface area (Å²) in [5.74, 6) is 0.132. The number of rotatable bonds is 8. The van der Waals surface area contributed by atoms with Gasteiger partial charge in [0.25, 0.3) is 0 Å². The molecule has 0 radical (unpaired) electrons. The van der Waals surface area contributed by atoms with Crippen LogP contribution in [0.3, 0.4) is 0 Å². The van der Waals surface area contributed by atoms with E-state index < -0.39 is 0 Å². The van der Waals surface area contributed by atoms with Gasteiger partial charge < -0.3 is 4.90 Å². The van der Waals surface area contributed by atoms with Crippen molar-refractivity contribution in [2.45, 2.75) is 25.8 Å². The first kappa shape index (κ1) is 20.6. The average Bonchev–Trinajstić information content (AvgIpc) is 3.31. The van der Waals surface area contributed by atoms with Crippen LogP contribution in [0, 0.1) is 0 Å². The van der Waals surface area contributed by atoms with E-state index in [9.17, 15) is 4.79 Å². The number of hydrogen-bond donors (Lipinski definition) is 0. The molecule has 1 aromatic heterocycles. The number of para-hydroxylation sites is 2. The molecule has 4 nitrogen and oxygen atoms in total. The second-order valence-corrected chi connectivity index (χ2v) is 7.87. The molecule has 0 unspecified atom stereocenters. The highest BCUT2D eigenvalue weighted by Gasteiger charge is 2.29. The molecule has 3 aromatic carbocycles. The van der Waals surface area contributed by atoms with Crippen molar-refractivity contribution < 1.29 is 4.79 Å². The van der Waals surface area contributed by atoms with Crippen molar-refractivity contribution in [3.8, 4) is 5.69 Å². The van der Waals surface area contributed by atoms with Crippen LogP contribution in [0.4, 0.5) is 5.69 Å². The van der Waals surface area contributed by atoms with E-state index >= 15 is 0 Å². The first-order valence-electron chi connectivity index (χ1n) is 10.6. The van der Waals surface area contributed by atoms with Gasteiger partial charge >= 0.3 is 0 Å². The Bertz CT molecular complexity index is 1100. The highest BCUT2D eigenvalue weighted by atomic mass is 16.1. The lowest BCUT2D eigenvalue weighted by Gasteiger charge is -2.32. The van der Waals surface area contributed by atoms with Gasteiger partial charge in [0.2, 0.25) is 5.78 Å². The molecule has 0 aliphatic carbocycles. The van der Waals surface area contributed by atoms with Crippen LogP contribution in [-0.4, -0.2) is 27.9 Å². The predicted molar refractivity (Wildman–Crippen MR) is 126 cm³/mol. The Morgan fingerprint density at radius 2 is 1.45 bits per heavy atom. The summed E-state index contributed by atoms with van der Waals surface area (Å²) in [7, 11) is 0. The van der Waals surface area contributed by atoms with Gasteiger partial charge in [-0.25, -0.2) is 4.98 Å². The summed E-state index contributed by atoms with van der Waals surface area (Å²) < 4.78 is 1.88. The van der Waals surface area contributed by atoms with E-state index in [2.05, 4.69) is 35.9 Å². The minimum atomic E-state index is -0.339. The van der Waals surface area contributed by atoms with E-state index in [1.54, 1.807) is 6.20 Å². The zero-order valence-corrected chi connectivity index (χ0v) is 17.9. The largest absolute Gasteiger partial charge is 0.368 e. The average molecular weight is 410 g/mol. The Hall–Kier alpha value is -3.66. The zero-order valence-electron chi connectivity index (χ0n) is 17.9. The lowest BCUT2D eigenvalue weighted by Crippen LogP contribution is -2.37. The molecule has 1 atom stereocenters. The molecule has 0 amide bonds. The summed E-state index contributed by atoms with van der Waals surface area (Å²) in [4.78, 5) is 20.6. The van der Waals surface area contributed by atoms with Gasteiger partial charge in [0, 0.05) is 36.4 Å². The fraction of sp³-hybridized carbons (Fsp3) is 0.185. The summed E-state index contributed by atoms with van der Waals surface area (Å²) in [6.07, 6.45) is 3.54. The normalized spacial score (nSPS) is 12.0. The van der Waals surface area contributed by atoms with Crippen LogP contribution >= 0.6 is 0 Å². The summed E-state index contributed by atoms with van der Waals surface area (Å²) in [6.45, 7) is 4.89. The number of hydrogen-bond acceptors (Lipinski definition) is 3. The van der Waals surface area contributed by atoms with Crippen molar-refractivity contribution in [2.24, 2.45) is 0 Å². The predicted octanol–water partition coefficient (Wildman–Crippen LogP) is 5.75. The van der Waals surface area contributed by atoms with Crippen molar-refractivity contribution in [3.63, 3.8) is 0 Å². The monoisotopic (exact) mass is 409 g/mol. The molecule has 0 bridgehead atoms. The molecule has 156 valence electrons. The number of aromatic nitrogens is 2. The maximum atomic E-state index is 13.9. The number of imidazole rings is 1. The Labute approximate surface area is 183 Å².